The van der Waals surface area contributed by atoms with E-state index in [2.05, 4.69) is 5.16 Å². The molecule has 0 amide bonds. The molecule has 12 heavy (non-hydrogen) atoms. The Bertz CT molecular complexity index is 244. The lowest BCUT2D eigenvalue weighted by Gasteiger charge is -1.98. The molecule has 0 aliphatic heterocycles. The molecule has 0 spiro atoms. The van der Waals surface area contributed by atoms with Crippen molar-refractivity contribution in [1.29, 1.82) is 0 Å². The fourth-order valence-electron chi connectivity index (χ4n) is 1.07. The second-order valence-corrected chi connectivity index (χ2v) is 2.55. The minimum Gasteiger partial charge on any atom is -0.479 e. The van der Waals surface area contributed by atoms with Crippen molar-refractivity contribution in [2.45, 2.75) is 19.8 Å². The molecule has 0 saturated heterocycles. The van der Waals surface area contributed by atoms with Crippen LogP contribution in [0, 0.1) is 6.92 Å². The Hall–Kier alpha value is -1.03. The predicted molar refractivity (Wildman–Crippen MR) is 43.2 cm³/mol. The Morgan fingerprint density at radius 3 is 2.92 bits per heavy atom. The minimum absolute atomic E-state index is 0.174. The number of aryl methyl sites for hydroxylation is 1. The molecular formula is C8H13NO3. The van der Waals surface area contributed by atoms with Crippen LogP contribution >= 0.6 is 0 Å². The van der Waals surface area contributed by atoms with Crippen molar-refractivity contribution >= 4 is 0 Å². The Balaban J connectivity index is 2.72. The molecule has 1 heterocycles. The van der Waals surface area contributed by atoms with Gasteiger partial charge in [-0.1, -0.05) is 0 Å². The summed E-state index contributed by atoms with van der Waals surface area (Å²) in [6, 6.07) is 0. The van der Waals surface area contributed by atoms with Gasteiger partial charge in [-0.05, 0) is 24.9 Å². The van der Waals surface area contributed by atoms with Crippen LogP contribution in [0.5, 0.6) is 5.88 Å². The van der Waals surface area contributed by atoms with Crippen LogP contribution in [0.25, 0.3) is 0 Å². The van der Waals surface area contributed by atoms with Crippen molar-refractivity contribution in [2.75, 3.05) is 13.7 Å². The van der Waals surface area contributed by atoms with Crippen molar-refractivity contribution in [3.05, 3.63) is 11.3 Å². The van der Waals surface area contributed by atoms with Gasteiger partial charge in [0.15, 0.2) is 0 Å². The second-order valence-electron chi connectivity index (χ2n) is 2.55. The Morgan fingerprint density at radius 1 is 1.58 bits per heavy atom. The zero-order valence-electron chi connectivity index (χ0n) is 7.33. The molecule has 0 unspecified atom stereocenters. The zero-order valence-corrected chi connectivity index (χ0v) is 7.33. The van der Waals surface area contributed by atoms with Crippen molar-refractivity contribution in [2.24, 2.45) is 0 Å². The lowest BCUT2D eigenvalue weighted by molar-refractivity contribution is 0.287. The van der Waals surface area contributed by atoms with Gasteiger partial charge in [0.1, 0.15) is 5.76 Å². The summed E-state index contributed by atoms with van der Waals surface area (Å²) in [5, 5.41) is 12.3. The van der Waals surface area contributed by atoms with E-state index in [-0.39, 0.29) is 6.61 Å². The molecule has 1 aromatic rings. The van der Waals surface area contributed by atoms with Crippen LogP contribution in [-0.4, -0.2) is 24.0 Å². The number of aliphatic hydroxyl groups excluding tert-OH is 1. The van der Waals surface area contributed by atoms with Gasteiger partial charge >= 0.3 is 0 Å². The third-order valence-electron chi connectivity index (χ3n) is 1.73. The van der Waals surface area contributed by atoms with Gasteiger partial charge in [0.2, 0.25) is 0 Å². The summed E-state index contributed by atoms with van der Waals surface area (Å²) in [6.07, 6.45) is 1.45. The van der Waals surface area contributed by atoms with E-state index < -0.39 is 0 Å². The number of methoxy groups -OCH3 is 1. The van der Waals surface area contributed by atoms with Gasteiger partial charge in [-0.25, -0.2) is 0 Å². The van der Waals surface area contributed by atoms with E-state index in [1.807, 2.05) is 6.92 Å². The van der Waals surface area contributed by atoms with E-state index in [4.69, 9.17) is 14.4 Å². The maximum atomic E-state index is 8.63. The minimum atomic E-state index is 0.174. The first kappa shape index (κ1) is 9.06. The summed E-state index contributed by atoms with van der Waals surface area (Å²) < 4.78 is 9.90. The number of aliphatic hydroxyl groups is 1. The fraction of sp³-hybridized carbons (Fsp3) is 0.625. The molecule has 0 aliphatic rings. The van der Waals surface area contributed by atoms with Gasteiger partial charge in [-0.15, -0.1) is 0 Å². The first-order chi connectivity index (χ1) is 5.79. The van der Waals surface area contributed by atoms with Crippen LogP contribution in [0.1, 0.15) is 17.7 Å². The molecule has 1 aromatic heterocycles. The Kier molecular flexibility index (Phi) is 3.10. The number of ether oxygens (including phenoxy) is 1. The quantitative estimate of drug-likeness (QED) is 0.731. The van der Waals surface area contributed by atoms with Gasteiger partial charge in [0, 0.05) is 6.61 Å². The first-order valence-corrected chi connectivity index (χ1v) is 3.89. The lowest BCUT2D eigenvalue weighted by atomic mass is 10.1. The summed E-state index contributed by atoms with van der Waals surface area (Å²) in [6.45, 7) is 2.01. The third-order valence-corrected chi connectivity index (χ3v) is 1.73. The molecule has 0 aromatic carbocycles. The predicted octanol–water partition coefficient (Wildman–Crippen LogP) is 0.917. The SMILES string of the molecule is COc1noc(C)c1CCCO. The highest BCUT2D eigenvalue weighted by Gasteiger charge is 2.11. The van der Waals surface area contributed by atoms with Gasteiger partial charge in [0.25, 0.3) is 5.88 Å². The van der Waals surface area contributed by atoms with E-state index >= 15 is 0 Å². The van der Waals surface area contributed by atoms with E-state index in [1.165, 1.54) is 0 Å². The first-order valence-electron chi connectivity index (χ1n) is 3.89. The summed E-state index contributed by atoms with van der Waals surface area (Å²) in [4.78, 5) is 0. The number of hydrogen-bond donors (Lipinski definition) is 1. The van der Waals surface area contributed by atoms with Crippen LogP contribution < -0.4 is 4.74 Å². The molecule has 1 rings (SSSR count). The summed E-state index contributed by atoms with van der Waals surface area (Å²) >= 11 is 0. The molecule has 68 valence electrons. The molecule has 0 saturated carbocycles. The van der Waals surface area contributed by atoms with Crippen molar-refractivity contribution in [3.8, 4) is 5.88 Å². The van der Waals surface area contributed by atoms with Crippen molar-refractivity contribution in [3.63, 3.8) is 0 Å². The van der Waals surface area contributed by atoms with Crippen LogP contribution in [0.2, 0.25) is 0 Å². The van der Waals surface area contributed by atoms with Crippen LogP contribution in [0.4, 0.5) is 0 Å². The number of nitrogens with zero attached hydrogens (tertiary/aromatic N) is 1. The molecule has 0 fully saturated rings. The highest BCUT2D eigenvalue weighted by molar-refractivity contribution is 5.27. The molecule has 4 heteroatoms. The Labute approximate surface area is 71.1 Å². The highest BCUT2D eigenvalue weighted by atomic mass is 16.5. The molecule has 0 aliphatic carbocycles. The average Bonchev–Trinajstić information content (AvgIpc) is 2.43. The largest absolute Gasteiger partial charge is 0.479 e. The summed E-state index contributed by atoms with van der Waals surface area (Å²) in [5.41, 5.74) is 0.951. The van der Waals surface area contributed by atoms with Gasteiger partial charge < -0.3 is 14.4 Å². The Morgan fingerprint density at radius 2 is 2.33 bits per heavy atom. The molecule has 0 atom stereocenters. The topological polar surface area (TPSA) is 55.5 Å². The van der Waals surface area contributed by atoms with E-state index in [0.717, 1.165) is 17.7 Å². The van der Waals surface area contributed by atoms with Crippen molar-refractivity contribution < 1.29 is 14.4 Å². The second kappa shape index (κ2) is 4.11. The number of rotatable bonds is 4. The molecule has 0 radical (unpaired) electrons. The van der Waals surface area contributed by atoms with Crippen LogP contribution in [-0.2, 0) is 6.42 Å². The van der Waals surface area contributed by atoms with Crippen LogP contribution in [0.15, 0.2) is 4.52 Å². The maximum absolute atomic E-state index is 8.63. The van der Waals surface area contributed by atoms with E-state index in [9.17, 15) is 0 Å². The van der Waals surface area contributed by atoms with E-state index in [0.29, 0.717) is 12.3 Å². The highest BCUT2D eigenvalue weighted by Crippen LogP contribution is 2.21. The van der Waals surface area contributed by atoms with Crippen LogP contribution in [0.3, 0.4) is 0 Å². The van der Waals surface area contributed by atoms with Gasteiger partial charge in [-0.2, -0.15) is 0 Å². The monoisotopic (exact) mass is 171 g/mol. The molecule has 1 N–H and O–H groups in total. The standard InChI is InChI=1S/C8H13NO3/c1-6-7(4-3-5-10)8(11-2)9-12-6/h10H,3-5H2,1-2H3. The number of hydrogen-bond acceptors (Lipinski definition) is 4. The van der Waals surface area contributed by atoms with E-state index in [1.54, 1.807) is 7.11 Å². The summed E-state index contributed by atoms with van der Waals surface area (Å²) in [7, 11) is 1.56. The normalized spacial score (nSPS) is 10.2. The van der Waals surface area contributed by atoms with Gasteiger partial charge in [-0.3, -0.25) is 0 Å². The maximum Gasteiger partial charge on any atom is 0.257 e. The average molecular weight is 171 g/mol. The molecular weight excluding hydrogens is 158 g/mol. The fourth-order valence-corrected chi connectivity index (χ4v) is 1.07. The molecule has 0 bridgehead atoms. The molecule has 4 nitrogen and oxygen atoms in total. The number of aromatic nitrogens is 1. The zero-order chi connectivity index (χ0) is 8.97. The summed E-state index contributed by atoms with van der Waals surface area (Å²) in [5.74, 6) is 1.29. The lowest BCUT2D eigenvalue weighted by Crippen LogP contribution is -1.93. The van der Waals surface area contributed by atoms with Gasteiger partial charge in [0.05, 0.1) is 12.7 Å². The third kappa shape index (κ3) is 1.76. The van der Waals surface area contributed by atoms with Crippen molar-refractivity contribution in [1.82, 2.24) is 5.16 Å². The smallest absolute Gasteiger partial charge is 0.257 e.